The summed E-state index contributed by atoms with van der Waals surface area (Å²) in [7, 11) is 0. The van der Waals surface area contributed by atoms with Crippen LogP contribution in [0.2, 0.25) is 0 Å². The van der Waals surface area contributed by atoms with Gasteiger partial charge in [-0.1, -0.05) is 96.2 Å². The van der Waals surface area contributed by atoms with Gasteiger partial charge in [0.05, 0.1) is 58.0 Å². The summed E-state index contributed by atoms with van der Waals surface area (Å²) in [5.41, 5.74) is 2.46. The van der Waals surface area contributed by atoms with Gasteiger partial charge in [0, 0.05) is 25.7 Å². The number of aromatic nitrogens is 5. The molecule has 5 unspecified atom stereocenters. The van der Waals surface area contributed by atoms with Crippen LogP contribution in [0.4, 0.5) is 0 Å². The van der Waals surface area contributed by atoms with E-state index in [9.17, 15) is 14.4 Å². The molecule has 334 valence electrons. The zero-order valence-corrected chi connectivity index (χ0v) is 35.5. The molecule has 0 radical (unpaired) electrons. The summed E-state index contributed by atoms with van der Waals surface area (Å²) in [4.78, 5) is 39.5. The number of ether oxygens (including phenoxy) is 8. The largest absolute Gasteiger partial charge is 0.374 e. The van der Waals surface area contributed by atoms with Gasteiger partial charge in [0.2, 0.25) is 5.91 Å². The fraction of sp³-hybridized carbons (Fsp3) is 0.457. The van der Waals surface area contributed by atoms with Gasteiger partial charge in [0.15, 0.2) is 12.0 Å². The van der Waals surface area contributed by atoms with Crippen molar-refractivity contribution in [2.75, 3.05) is 13.2 Å². The quantitative estimate of drug-likeness (QED) is 0.122. The number of aryl methyl sites for hydroxylation is 1. The lowest BCUT2D eigenvalue weighted by atomic mass is 9.90. The Hall–Kier alpha value is -5.37. The fourth-order valence-electron chi connectivity index (χ4n) is 8.30. The Morgan fingerprint density at radius 2 is 1.35 bits per heavy atom. The summed E-state index contributed by atoms with van der Waals surface area (Å²) in [6.45, 7) is 6.90. The number of carbonyl (C=O) groups is 1. The van der Waals surface area contributed by atoms with Crippen LogP contribution >= 0.6 is 0 Å². The second-order valence-corrected chi connectivity index (χ2v) is 16.4. The van der Waals surface area contributed by atoms with E-state index in [0.717, 1.165) is 16.7 Å². The molecular formula is C46H54N6O11. The molecule has 17 heteroatoms. The molecule has 0 saturated carbocycles. The molecule has 2 N–H and O–H groups in total. The molecule has 9 atom stereocenters. The van der Waals surface area contributed by atoms with Crippen LogP contribution in [-0.4, -0.2) is 98.2 Å². The molecule has 3 saturated heterocycles. The summed E-state index contributed by atoms with van der Waals surface area (Å²) < 4.78 is 54.1. The van der Waals surface area contributed by atoms with E-state index in [1.807, 2.05) is 91.0 Å². The number of amides is 1. The lowest BCUT2D eigenvalue weighted by Crippen LogP contribution is -2.65. The van der Waals surface area contributed by atoms with Gasteiger partial charge in [-0.05, 0) is 37.0 Å². The van der Waals surface area contributed by atoms with Gasteiger partial charge in [-0.2, -0.15) is 0 Å². The van der Waals surface area contributed by atoms with Gasteiger partial charge in [-0.25, -0.2) is 4.79 Å². The molecule has 5 aromatic rings. The van der Waals surface area contributed by atoms with Crippen LogP contribution in [0.25, 0.3) is 0 Å². The normalized spacial score (nSPS) is 26.4. The highest BCUT2D eigenvalue weighted by atomic mass is 16.8. The lowest BCUT2D eigenvalue weighted by Gasteiger charge is -2.46. The standard InChI is InChI=1S/C46H54N6O11/c1-30(53)47-39-35(19-21-51-23-34(49-50-51)27-57-29-37-41-43(63-46(2,3)62-41)44(61-37)52-22-20-38(54)48-45(52)55)60-36(28-56-24-31-13-7-4-8-14-31)40(58-25-32-15-9-5-10-16-32)42(39)59-26-33-17-11-6-12-18-33/h4-18,20,22-23,35-37,39-44H,19,21,24-29H2,1-3H3,(H,47,53)(H,48,54,55)/t35-,36?,37-,39?,40-,41?,42?,43?,44-/m1/s1. The van der Waals surface area contributed by atoms with Crippen LogP contribution in [0.5, 0.6) is 0 Å². The van der Waals surface area contributed by atoms with E-state index in [-0.39, 0.29) is 25.7 Å². The molecule has 1 amide bonds. The highest BCUT2D eigenvalue weighted by molar-refractivity contribution is 5.73. The second-order valence-electron chi connectivity index (χ2n) is 16.4. The number of nitrogens with one attached hydrogen (secondary N) is 2. The van der Waals surface area contributed by atoms with E-state index in [0.29, 0.717) is 38.5 Å². The van der Waals surface area contributed by atoms with E-state index in [1.54, 1.807) is 24.7 Å². The van der Waals surface area contributed by atoms with E-state index in [1.165, 1.54) is 23.8 Å². The Bertz CT molecular complexity index is 2340. The number of aromatic amines is 1. The minimum absolute atomic E-state index is 0.113. The number of H-pyrrole nitrogens is 1. The Morgan fingerprint density at radius 3 is 2.00 bits per heavy atom. The first kappa shape index (κ1) is 44.2. The van der Waals surface area contributed by atoms with Gasteiger partial charge in [-0.3, -0.25) is 23.8 Å². The number of rotatable bonds is 19. The molecule has 0 bridgehead atoms. The number of benzene rings is 3. The molecular weight excluding hydrogens is 813 g/mol. The zero-order chi connectivity index (χ0) is 43.8. The maximum atomic E-state index is 12.9. The minimum Gasteiger partial charge on any atom is -0.374 e. The summed E-state index contributed by atoms with van der Waals surface area (Å²) in [6.07, 6.45) is -1.20. The third-order valence-corrected chi connectivity index (χ3v) is 11.1. The molecule has 0 aliphatic carbocycles. The molecule has 3 fully saturated rings. The van der Waals surface area contributed by atoms with Crippen molar-refractivity contribution in [2.24, 2.45) is 0 Å². The van der Waals surface area contributed by atoms with Crippen molar-refractivity contribution in [3.05, 3.63) is 153 Å². The van der Waals surface area contributed by atoms with E-state index in [2.05, 4.69) is 20.6 Å². The maximum Gasteiger partial charge on any atom is 0.330 e. The van der Waals surface area contributed by atoms with Crippen molar-refractivity contribution >= 4 is 5.91 Å². The van der Waals surface area contributed by atoms with Gasteiger partial charge in [-0.15, -0.1) is 5.10 Å². The van der Waals surface area contributed by atoms with Crippen LogP contribution in [-0.2, 0) is 75.7 Å². The van der Waals surface area contributed by atoms with E-state index >= 15 is 0 Å². The van der Waals surface area contributed by atoms with Gasteiger partial charge >= 0.3 is 5.69 Å². The maximum absolute atomic E-state index is 12.9. The summed E-state index contributed by atoms with van der Waals surface area (Å²) in [6, 6.07) is 30.4. The van der Waals surface area contributed by atoms with Crippen molar-refractivity contribution in [3.8, 4) is 0 Å². The lowest BCUT2D eigenvalue weighted by molar-refractivity contribution is -0.233. The zero-order valence-electron chi connectivity index (χ0n) is 35.5. The molecule has 0 spiro atoms. The smallest absolute Gasteiger partial charge is 0.330 e. The Labute approximate surface area is 364 Å². The SMILES string of the molecule is CC(=O)NC1C(OCc2ccccc2)[C@H](OCc2ccccc2)C(COCc2ccccc2)O[C@@H]1CCn1cc(COC[C@H]2O[C@@H](n3ccc(=O)[nH]c3=O)C3OC(C)(C)OC32)nn1. The number of carbonyl (C=O) groups excluding carboxylic acids is 1. The third kappa shape index (κ3) is 11.4. The molecule has 17 nitrogen and oxygen atoms in total. The molecule has 2 aromatic heterocycles. The summed E-state index contributed by atoms with van der Waals surface area (Å²) in [5.74, 6) is -1.14. The van der Waals surface area contributed by atoms with Crippen LogP contribution in [0, 0.1) is 0 Å². The predicted octanol–water partition coefficient (Wildman–Crippen LogP) is 3.81. The second kappa shape index (κ2) is 20.4. The van der Waals surface area contributed by atoms with Gasteiger partial charge in [0.1, 0.15) is 42.3 Å². The monoisotopic (exact) mass is 866 g/mol. The molecule has 5 heterocycles. The van der Waals surface area contributed by atoms with Crippen LogP contribution in [0.15, 0.2) is 119 Å². The van der Waals surface area contributed by atoms with Crippen molar-refractivity contribution in [3.63, 3.8) is 0 Å². The highest BCUT2D eigenvalue weighted by Gasteiger charge is 2.56. The molecule has 63 heavy (non-hydrogen) atoms. The first-order valence-corrected chi connectivity index (χ1v) is 21.2. The van der Waals surface area contributed by atoms with Gasteiger partial charge in [0.25, 0.3) is 5.56 Å². The number of nitrogens with zero attached hydrogens (tertiary/aromatic N) is 4. The average molecular weight is 867 g/mol. The minimum atomic E-state index is -0.912. The number of hydrogen-bond donors (Lipinski definition) is 2. The van der Waals surface area contributed by atoms with E-state index < -0.39 is 72.0 Å². The highest BCUT2D eigenvalue weighted by Crippen LogP contribution is 2.42. The number of fused-ring (bicyclic) bond motifs is 1. The topological polar surface area (TPSA) is 189 Å². The van der Waals surface area contributed by atoms with Gasteiger partial charge < -0.3 is 43.2 Å². The fourth-order valence-corrected chi connectivity index (χ4v) is 8.30. The molecule has 3 aromatic carbocycles. The first-order chi connectivity index (χ1) is 30.6. The number of hydrogen-bond acceptors (Lipinski definition) is 13. The molecule has 3 aliphatic rings. The molecule has 8 rings (SSSR count). The van der Waals surface area contributed by atoms with Crippen LogP contribution in [0.1, 0.15) is 55.8 Å². The average Bonchev–Trinajstić information content (AvgIpc) is 3.96. The summed E-state index contributed by atoms with van der Waals surface area (Å²) >= 11 is 0. The van der Waals surface area contributed by atoms with Crippen LogP contribution < -0.4 is 16.6 Å². The van der Waals surface area contributed by atoms with Crippen molar-refractivity contribution < 1.29 is 42.7 Å². The van der Waals surface area contributed by atoms with E-state index in [4.69, 9.17) is 37.9 Å². The Balaban J connectivity index is 0.952. The third-order valence-electron chi connectivity index (χ3n) is 11.1. The predicted molar refractivity (Wildman–Crippen MR) is 226 cm³/mol. The Morgan fingerprint density at radius 1 is 0.746 bits per heavy atom. The van der Waals surface area contributed by atoms with Crippen LogP contribution in [0.3, 0.4) is 0 Å². The summed E-state index contributed by atoms with van der Waals surface area (Å²) in [5, 5.41) is 11.9. The Kier molecular flexibility index (Phi) is 14.3. The van der Waals surface area contributed by atoms with Crippen molar-refractivity contribution in [1.29, 1.82) is 0 Å². The first-order valence-electron chi connectivity index (χ1n) is 21.2. The van der Waals surface area contributed by atoms with Crippen molar-refractivity contribution in [2.45, 2.75) is 121 Å². The van der Waals surface area contributed by atoms with Crippen molar-refractivity contribution in [1.82, 2.24) is 29.9 Å². The molecule has 3 aliphatic heterocycles.